The zero-order valence-electron chi connectivity index (χ0n) is 16.9. The molecule has 30 heavy (non-hydrogen) atoms. The van der Waals surface area contributed by atoms with Crippen LogP contribution in [-0.4, -0.2) is 28.0 Å². The van der Waals surface area contributed by atoms with Crippen molar-refractivity contribution in [2.24, 2.45) is 0 Å². The average molecular weight is 422 g/mol. The van der Waals surface area contributed by atoms with E-state index in [1.165, 1.54) is 6.20 Å². The van der Waals surface area contributed by atoms with Crippen molar-refractivity contribution >= 4 is 10.0 Å². The van der Waals surface area contributed by atoms with E-state index in [1.807, 2.05) is 73.8 Å². The lowest BCUT2D eigenvalue weighted by atomic mass is 10.1. The Kier molecular flexibility index (Phi) is 5.52. The molecule has 2 aromatic heterocycles. The van der Waals surface area contributed by atoms with Crippen LogP contribution in [0.1, 0.15) is 18.2 Å². The zero-order chi connectivity index (χ0) is 21.1. The standard InChI is InChI=1S/C22H23N5O2S/c1-3-26-17(2)21(15-23-26)30(28,29)24-14-19-16-27(20-12-8-5-9-13-20)25-22(19)18-10-6-4-7-11-18/h4-13,15-16,24H,3,14H2,1-2H3. The highest BCUT2D eigenvalue weighted by molar-refractivity contribution is 7.89. The van der Waals surface area contributed by atoms with Crippen molar-refractivity contribution in [1.29, 1.82) is 0 Å². The SMILES string of the molecule is CCn1ncc(S(=O)(=O)NCc2cn(-c3ccccc3)nc2-c2ccccc2)c1C. The summed E-state index contributed by atoms with van der Waals surface area (Å²) in [6.45, 7) is 4.42. The lowest BCUT2D eigenvalue weighted by Crippen LogP contribution is -2.24. The molecule has 2 aromatic carbocycles. The van der Waals surface area contributed by atoms with Crippen LogP contribution in [0.3, 0.4) is 0 Å². The minimum Gasteiger partial charge on any atom is -0.269 e. The maximum absolute atomic E-state index is 12.9. The van der Waals surface area contributed by atoms with Crippen LogP contribution in [0, 0.1) is 6.92 Å². The molecule has 0 fully saturated rings. The monoisotopic (exact) mass is 421 g/mol. The van der Waals surface area contributed by atoms with E-state index in [9.17, 15) is 8.42 Å². The van der Waals surface area contributed by atoms with E-state index in [0.29, 0.717) is 12.2 Å². The van der Waals surface area contributed by atoms with Crippen LogP contribution in [0.5, 0.6) is 0 Å². The van der Waals surface area contributed by atoms with Crippen LogP contribution in [0.2, 0.25) is 0 Å². The van der Waals surface area contributed by atoms with Gasteiger partial charge < -0.3 is 0 Å². The largest absolute Gasteiger partial charge is 0.269 e. The Labute approximate surface area is 176 Å². The molecule has 0 bridgehead atoms. The van der Waals surface area contributed by atoms with Crippen LogP contribution in [0.15, 0.2) is 78.0 Å². The van der Waals surface area contributed by atoms with Crippen molar-refractivity contribution in [2.75, 3.05) is 0 Å². The number of sulfonamides is 1. The normalized spacial score (nSPS) is 11.7. The highest BCUT2D eigenvalue weighted by Gasteiger charge is 2.22. The van der Waals surface area contributed by atoms with Gasteiger partial charge in [-0.05, 0) is 26.0 Å². The Morgan fingerprint density at radius 1 is 1.00 bits per heavy atom. The third-order valence-electron chi connectivity index (χ3n) is 4.96. The molecule has 0 aliphatic carbocycles. The predicted octanol–water partition coefficient (Wildman–Crippen LogP) is 3.54. The van der Waals surface area contributed by atoms with E-state index < -0.39 is 10.0 Å². The first kappa shape index (κ1) is 20.1. The van der Waals surface area contributed by atoms with Gasteiger partial charge in [0.1, 0.15) is 4.90 Å². The van der Waals surface area contributed by atoms with Crippen LogP contribution in [0.25, 0.3) is 16.9 Å². The topological polar surface area (TPSA) is 81.8 Å². The molecule has 0 amide bonds. The molecule has 2 heterocycles. The van der Waals surface area contributed by atoms with Gasteiger partial charge in [-0.15, -0.1) is 0 Å². The van der Waals surface area contributed by atoms with Crippen molar-refractivity contribution in [2.45, 2.75) is 31.8 Å². The second-order valence-corrected chi connectivity index (χ2v) is 8.62. The smallest absolute Gasteiger partial charge is 0.244 e. The fourth-order valence-corrected chi connectivity index (χ4v) is 4.53. The first-order valence-electron chi connectivity index (χ1n) is 9.71. The van der Waals surface area contributed by atoms with E-state index in [1.54, 1.807) is 16.3 Å². The van der Waals surface area contributed by atoms with Gasteiger partial charge in [0.15, 0.2) is 0 Å². The van der Waals surface area contributed by atoms with Gasteiger partial charge in [-0.2, -0.15) is 10.2 Å². The highest BCUT2D eigenvalue weighted by atomic mass is 32.2. The molecule has 1 N–H and O–H groups in total. The van der Waals surface area contributed by atoms with Crippen LogP contribution < -0.4 is 4.72 Å². The molecule has 0 saturated carbocycles. The number of rotatable bonds is 7. The fraction of sp³-hybridized carbons (Fsp3) is 0.182. The quantitative estimate of drug-likeness (QED) is 0.495. The predicted molar refractivity (Wildman–Crippen MR) is 116 cm³/mol. The Balaban J connectivity index is 1.68. The summed E-state index contributed by atoms with van der Waals surface area (Å²) in [5.74, 6) is 0. The third kappa shape index (κ3) is 3.92. The van der Waals surface area contributed by atoms with E-state index >= 15 is 0 Å². The summed E-state index contributed by atoms with van der Waals surface area (Å²) >= 11 is 0. The number of para-hydroxylation sites is 1. The van der Waals surface area contributed by atoms with Gasteiger partial charge in [-0.25, -0.2) is 17.8 Å². The van der Waals surface area contributed by atoms with Crippen molar-refractivity contribution in [3.8, 4) is 16.9 Å². The molecule has 7 nitrogen and oxygen atoms in total. The lowest BCUT2D eigenvalue weighted by molar-refractivity contribution is 0.579. The molecule has 8 heteroatoms. The molecule has 0 saturated heterocycles. The van der Waals surface area contributed by atoms with Crippen molar-refractivity contribution in [3.63, 3.8) is 0 Å². The van der Waals surface area contributed by atoms with Crippen molar-refractivity contribution < 1.29 is 8.42 Å². The number of hydrogen-bond donors (Lipinski definition) is 1. The number of aryl methyl sites for hydroxylation is 1. The first-order chi connectivity index (χ1) is 14.5. The number of aromatic nitrogens is 4. The van der Waals surface area contributed by atoms with Crippen molar-refractivity contribution in [1.82, 2.24) is 24.3 Å². The minimum atomic E-state index is -3.70. The van der Waals surface area contributed by atoms with Gasteiger partial charge in [-0.3, -0.25) is 4.68 Å². The lowest BCUT2D eigenvalue weighted by Gasteiger charge is -2.07. The molecule has 154 valence electrons. The number of benzene rings is 2. The Hall–Kier alpha value is -3.23. The summed E-state index contributed by atoms with van der Waals surface area (Å²) in [7, 11) is -3.70. The van der Waals surface area contributed by atoms with Gasteiger partial charge >= 0.3 is 0 Å². The summed E-state index contributed by atoms with van der Waals surface area (Å²) < 4.78 is 31.9. The maximum Gasteiger partial charge on any atom is 0.244 e. The molecule has 0 atom stereocenters. The van der Waals surface area contributed by atoms with Gasteiger partial charge in [-0.1, -0.05) is 48.5 Å². The average Bonchev–Trinajstić information content (AvgIpc) is 3.37. The molecule has 4 rings (SSSR count). The van der Waals surface area contributed by atoms with E-state index in [2.05, 4.69) is 9.82 Å². The second kappa shape index (κ2) is 8.25. The van der Waals surface area contributed by atoms with E-state index in [-0.39, 0.29) is 11.4 Å². The summed E-state index contributed by atoms with van der Waals surface area (Å²) in [5.41, 5.74) is 3.98. The fourth-order valence-electron chi connectivity index (χ4n) is 3.35. The summed E-state index contributed by atoms with van der Waals surface area (Å²) in [6, 6.07) is 19.5. The van der Waals surface area contributed by atoms with Crippen molar-refractivity contribution in [3.05, 3.63) is 84.3 Å². The summed E-state index contributed by atoms with van der Waals surface area (Å²) in [6.07, 6.45) is 3.26. The number of nitrogens with one attached hydrogen (secondary N) is 1. The van der Waals surface area contributed by atoms with Crippen LogP contribution >= 0.6 is 0 Å². The summed E-state index contributed by atoms with van der Waals surface area (Å²) in [5, 5.41) is 8.87. The van der Waals surface area contributed by atoms with Gasteiger partial charge in [0.2, 0.25) is 10.0 Å². The van der Waals surface area contributed by atoms with Gasteiger partial charge in [0, 0.05) is 30.4 Å². The first-order valence-corrected chi connectivity index (χ1v) is 11.2. The Morgan fingerprint density at radius 3 is 2.30 bits per heavy atom. The van der Waals surface area contributed by atoms with Crippen LogP contribution in [-0.2, 0) is 23.1 Å². The molecule has 4 aromatic rings. The van der Waals surface area contributed by atoms with E-state index in [0.717, 1.165) is 22.5 Å². The Bertz CT molecular complexity index is 1250. The molecule has 0 spiro atoms. The van der Waals surface area contributed by atoms with Gasteiger partial charge in [0.25, 0.3) is 0 Å². The molecule has 0 aliphatic rings. The minimum absolute atomic E-state index is 0.121. The number of nitrogens with zero attached hydrogens (tertiary/aromatic N) is 4. The molecule has 0 radical (unpaired) electrons. The molecular weight excluding hydrogens is 398 g/mol. The van der Waals surface area contributed by atoms with E-state index in [4.69, 9.17) is 5.10 Å². The van der Waals surface area contributed by atoms with Gasteiger partial charge in [0.05, 0.1) is 23.3 Å². The molecule has 0 aliphatic heterocycles. The Morgan fingerprint density at radius 2 is 1.67 bits per heavy atom. The number of hydrogen-bond acceptors (Lipinski definition) is 4. The van der Waals surface area contributed by atoms with Crippen LogP contribution in [0.4, 0.5) is 0 Å². The third-order valence-corrected chi connectivity index (χ3v) is 6.46. The highest BCUT2D eigenvalue weighted by Crippen LogP contribution is 2.24. The second-order valence-electron chi connectivity index (χ2n) is 6.88. The molecule has 0 unspecified atom stereocenters. The maximum atomic E-state index is 12.9. The zero-order valence-corrected chi connectivity index (χ0v) is 17.7. The summed E-state index contributed by atoms with van der Waals surface area (Å²) in [4.78, 5) is 0.195. The molecular formula is C22H23N5O2S.